The first-order valence-corrected chi connectivity index (χ1v) is 11.0. The summed E-state index contributed by atoms with van der Waals surface area (Å²) < 4.78 is 0. The summed E-state index contributed by atoms with van der Waals surface area (Å²) >= 11 is 0. The Balaban J connectivity index is 1.23. The zero-order valence-electron chi connectivity index (χ0n) is 18.2. The quantitative estimate of drug-likeness (QED) is 0.344. The Hall–Kier alpha value is -3.98. The van der Waals surface area contributed by atoms with E-state index in [1.807, 2.05) is 6.20 Å². The van der Waals surface area contributed by atoms with Crippen molar-refractivity contribution in [3.63, 3.8) is 0 Å². The minimum Gasteiger partial charge on any atom is -0.396 e. The average Bonchev–Trinajstić information content (AvgIpc) is 3.26. The Bertz CT molecular complexity index is 1180. The van der Waals surface area contributed by atoms with Crippen molar-refractivity contribution in [3.8, 4) is 0 Å². The summed E-state index contributed by atoms with van der Waals surface area (Å²) in [4.78, 5) is 28.3. The number of fused-ring (bicyclic) bond motifs is 2. The number of carbonyl (C=O) groups excluding carboxylic acids is 1. The van der Waals surface area contributed by atoms with Gasteiger partial charge in [0.2, 0.25) is 5.95 Å². The number of rotatable bonds is 5. The lowest BCUT2D eigenvalue weighted by molar-refractivity contribution is 0.0733. The molecule has 1 aromatic carbocycles. The molecule has 3 heterocycles. The first-order chi connectivity index (χ1) is 16.1. The second kappa shape index (κ2) is 8.87. The van der Waals surface area contributed by atoms with Crippen molar-refractivity contribution in [2.45, 2.75) is 31.8 Å². The fourth-order valence-electron chi connectivity index (χ4n) is 4.44. The van der Waals surface area contributed by atoms with Gasteiger partial charge in [-0.25, -0.2) is 9.97 Å². The van der Waals surface area contributed by atoms with Crippen molar-refractivity contribution in [2.75, 3.05) is 11.9 Å². The van der Waals surface area contributed by atoms with Gasteiger partial charge in [-0.15, -0.1) is 0 Å². The van der Waals surface area contributed by atoms with Crippen LogP contribution < -0.4 is 22.3 Å². The lowest BCUT2D eigenvalue weighted by Crippen LogP contribution is -2.36. The van der Waals surface area contributed by atoms with Crippen LogP contribution >= 0.6 is 0 Å². The molecule has 2 aliphatic rings. The zero-order chi connectivity index (χ0) is 22.8. The molecule has 33 heavy (non-hydrogen) atoms. The minimum atomic E-state index is -0.0786. The molecule has 6 N–H and O–H groups in total. The van der Waals surface area contributed by atoms with Gasteiger partial charge in [0, 0.05) is 49.7 Å². The molecule has 3 aromatic rings. The Morgan fingerprint density at radius 1 is 1.06 bits per heavy atom. The number of nitrogens with one attached hydrogen (secondary N) is 2. The van der Waals surface area contributed by atoms with Crippen molar-refractivity contribution in [2.24, 2.45) is 11.6 Å². The van der Waals surface area contributed by atoms with Crippen LogP contribution in [-0.2, 0) is 25.8 Å². The van der Waals surface area contributed by atoms with Crippen molar-refractivity contribution >= 4 is 17.6 Å². The predicted octanol–water partition coefficient (Wildman–Crippen LogP) is 1.37. The van der Waals surface area contributed by atoms with Gasteiger partial charge in [-0.05, 0) is 36.1 Å². The van der Waals surface area contributed by atoms with Crippen LogP contribution in [0.2, 0.25) is 0 Å². The molecule has 168 valence electrons. The molecule has 9 nitrogen and oxygen atoms in total. The van der Waals surface area contributed by atoms with Crippen molar-refractivity contribution in [3.05, 3.63) is 88.6 Å². The van der Waals surface area contributed by atoms with Crippen molar-refractivity contribution in [1.29, 1.82) is 0 Å². The molecule has 0 bridgehead atoms. The van der Waals surface area contributed by atoms with E-state index in [2.05, 4.69) is 45.0 Å². The number of anilines is 1. The second-order valence-corrected chi connectivity index (χ2v) is 8.36. The van der Waals surface area contributed by atoms with Crippen LogP contribution in [0.4, 0.5) is 5.95 Å². The molecule has 2 aromatic heterocycles. The van der Waals surface area contributed by atoms with Crippen molar-refractivity contribution < 1.29 is 4.79 Å². The van der Waals surface area contributed by atoms with Crippen molar-refractivity contribution in [1.82, 2.24) is 25.3 Å². The topological polar surface area (TPSA) is 135 Å². The Morgan fingerprint density at radius 3 is 2.55 bits per heavy atom. The highest BCUT2D eigenvalue weighted by Crippen LogP contribution is 2.25. The predicted molar refractivity (Wildman–Crippen MR) is 125 cm³/mol. The number of hydrogen-bond acceptors (Lipinski definition) is 8. The highest BCUT2D eigenvalue weighted by Gasteiger charge is 2.25. The van der Waals surface area contributed by atoms with Crippen LogP contribution in [0.3, 0.4) is 0 Å². The Morgan fingerprint density at radius 2 is 1.85 bits per heavy atom. The minimum absolute atomic E-state index is 0.0786. The van der Waals surface area contributed by atoms with Gasteiger partial charge in [-0.1, -0.05) is 24.3 Å². The van der Waals surface area contributed by atoms with Gasteiger partial charge in [-0.2, -0.15) is 0 Å². The van der Waals surface area contributed by atoms with E-state index >= 15 is 0 Å². The van der Waals surface area contributed by atoms with Crippen LogP contribution in [0.15, 0.2) is 55.0 Å². The first-order valence-electron chi connectivity index (χ1n) is 11.0. The SMILES string of the molecule is NN/C=C(\N)c1ccc(C(=O)N2CCc3nc(NC4Cc5ccccc5C4)ncc3C2)cn1. The van der Waals surface area contributed by atoms with Gasteiger partial charge in [0.05, 0.1) is 22.6 Å². The molecule has 9 heteroatoms. The third-order valence-corrected chi connectivity index (χ3v) is 6.15. The summed E-state index contributed by atoms with van der Waals surface area (Å²) in [6.07, 6.45) is 7.46. The molecule has 0 radical (unpaired) electrons. The largest absolute Gasteiger partial charge is 0.396 e. The Kier molecular flexibility index (Phi) is 5.62. The lowest BCUT2D eigenvalue weighted by atomic mass is 10.1. The van der Waals surface area contributed by atoms with Gasteiger partial charge < -0.3 is 21.4 Å². The fraction of sp³-hybridized carbons (Fsp3) is 0.250. The molecule has 1 amide bonds. The van der Waals surface area contributed by atoms with E-state index < -0.39 is 0 Å². The molecule has 0 atom stereocenters. The van der Waals surface area contributed by atoms with E-state index in [0.29, 0.717) is 48.5 Å². The highest BCUT2D eigenvalue weighted by atomic mass is 16.2. The normalized spacial score (nSPS) is 15.7. The molecule has 0 spiro atoms. The van der Waals surface area contributed by atoms with E-state index in [0.717, 1.165) is 24.1 Å². The smallest absolute Gasteiger partial charge is 0.255 e. The zero-order valence-corrected chi connectivity index (χ0v) is 18.2. The number of hydrogen-bond donors (Lipinski definition) is 4. The number of hydrazine groups is 1. The average molecular weight is 443 g/mol. The number of carbonyl (C=O) groups is 1. The van der Waals surface area contributed by atoms with E-state index in [1.165, 1.54) is 23.5 Å². The third kappa shape index (κ3) is 4.35. The van der Waals surface area contributed by atoms with Gasteiger partial charge in [0.25, 0.3) is 5.91 Å². The maximum Gasteiger partial charge on any atom is 0.255 e. The molecule has 1 aliphatic carbocycles. The highest BCUT2D eigenvalue weighted by molar-refractivity contribution is 5.94. The molecule has 1 aliphatic heterocycles. The molecule has 0 fully saturated rings. The maximum absolute atomic E-state index is 13.0. The third-order valence-electron chi connectivity index (χ3n) is 6.15. The Labute approximate surface area is 191 Å². The molecule has 5 rings (SSSR count). The lowest BCUT2D eigenvalue weighted by Gasteiger charge is -2.28. The van der Waals surface area contributed by atoms with Gasteiger partial charge >= 0.3 is 0 Å². The van der Waals surface area contributed by atoms with Gasteiger partial charge in [0.15, 0.2) is 0 Å². The monoisotopic (exact) mass is 442 g/mol. The summed E-state index contributed by atoms with van der Waals surface area (Å²) in [6.45, 7) is 1.07. The van der Waals surface area contributed by atoms with E-state index in [1.54, 1.807) is 17.0 Å². The summed E-state index contributed by atoms with van der Waals surface area (Å²) in [6, 6.07) is 12.3. The van der Waals surface area contributed by atoms with Crippen LogP contribution in [0, 0.1) is 0 Å². The molecule has 0 saturated carbocycles. The fourth-order valence-corrected chi connectivity index (χ4v) is 4.44. The summed E-state index contributed by atoms with van der Waals surface area (Å²) in [5, 5.41) is 3.48. The van der Waals surface area contributed by atoms with E-state index in [4.69, 9.17) is 16.6 Å². The molecule has 0 unspecified atom stereocenters. The number of amides is 1. The summed E-state index contributed by atoms with van der Waals surface area (Å²) in [5.41, 5.74) is 14.4. The number of benzene rings is 1. The molecule has 0 saturated heterocycles. The molecular formula is C24H26N8O. The standard InChI is InChI=1S/C24H26N8O/c25-20(13-29-26)22-6-5-17(11-27-22)23(33)32-8-7-21-18(14-32)12-28-24(31-21)30-19-9-15-3-1-2-4-16(15)10-19/h1-6,11-13,19,29H,7-10,14,25-26H2,(H,28,30,31)/b20-13-. The van der Waals surface area contributed by atoms with Gasteiger partial charge in [0.1, 0.15) is 0 Å². The van der Waals surface area contributed by atoms with Crippen LogP contribution in [0.1, 0.15) is 38.4 Å². The van der Waals surface area contributed by atoms with E-state index in [9.17, 15) is 4.79 Å². The van der Waals surface area contributed by atoms with Crippen LogP contribution in [-0.4, -0.2) is 38.3 Å². The summed E-state index contributed by atoms with van der Waals surface area (Å²) in [5.74, 6) is 5.82. The molecular weight excluding hydrogens is 416 g/mol. The number of nitrogens with two attached hydrogens (primary N) is 2. The number of nitrogens with zero attached hydrogens (tertiary/aromatic N) is 4. The second-order valence-electron chi connectivity index (χ2n) is 8.36. The van der Waals surface area contributed by atoms with Gasteiger partial charge in [-0.3, -0.25) is 15.6 Å². The van der Waals surface area contributed by atoms with Crippen LogP contribution in [0.25, 0.3) is 5.70 Å². The van der Waals surface area contributed by atoms with E-state index in [-0.39, 0.29) is 5.91 Å². The number of aromatic nitrogens is 3. The first kappa shape index (κ1) is 20.9. The maximum atomic E-state index is 13.0. The number of pyridine rings is 1. The summed E-state index contributed by atoms with van der Waals surface area (Å²) in [7, 11) is 0. The van der Waals surface area contributed by atoms with Crippen LogP contribution in [0.5, 0.6) is 0 Å².